The highest BCUT2D eigenvalue weighted by Gasteiger charge is 2.23. The normalized spacial score (nSPS) is 11.4. The van der Waals surface area contributed by atoms with Crippen molar-refractivity contribution in [2.24, 2.45) is 0 Å². The number of nitrogens with zero attached hydrogens (tertiary/aromatic N) is 1. The van der Waals surface area contributed by atoms with Crippen LogP contribution in [0.3, 0.4) is 0 Å². The molecule has 6 nitrogen and oxygen atoms in total. The maximum atomic E-state index is 13.8. The first kappa shape index (κ1) is 18.4. The van der Waals surface area contributed by atoms with E-state index in [1.165, 1.54) is 42.5 Å². The summed E-state index contributed by atoms with van der Waals surface area (Å²) in [6, 6.07) is 12.3. The Morgan fingerprint density at radius 3 is 2.78 bits per heavy atom. The number of furan rings is 1. The molecule has 0 aliphatic heterocycles. The Morgan fingerprint density at radius 2 is 2.04 bits per heavy atom. The first-order valence-electron chi connectivity index (χ1n) is 7.83. The van der Waals surface area contributed by atoms with E-state index in [2.05, 4.69) is 5.32 Å². The summed E-state index contributed by atoms with van der Waals surface area (Å²) in [5.74, 6) is -1.89. The number of rotatable bonds is 5. The van der Waals surface area contributed by atoms with Crippen LogP contribution in [0.4, 0.5) is 9.39 Å². The van der Waals surface area contributed by atoms with Gasteiger partial charge in [0.05, 0.1) is 11.1 Å². The van der Waals surface area contributed by atoms with Gasteiger partial charge in [0.15, 0.2) is 6.10 Å². The molecule has 0 aliphatic carbocycles. The summed E-state index contributed by atoms with van der Waals surface area (Å²) in [5.41, 5.74) is 0.538. The summed E-state index contributed by atoms with van der Waals surface area (Å²) < 4.78 is 24.2. The Labute approximate surface area is 157 Å². The number of carbonyl (C=O) groups is 2. The quantitative estimate of drug-likeness (QED) is 0.666. The lowest BCUT2D eigenvalue weighted by atomic mass is 10.1. The number of anilines is 1. The molecule has 0 bridgehead atoms. The molecule has 0 saturated carbocycles. The summed E-state index contributed by atoms with van der Waals surface area (Å²) in [5, 5.41) is 13.5. The second-order valence-electron chi connectivity index (χ2n) is 5.46. The maximum Gasteiger partial charge on any atom is 0.375 e. The number of ether oxygens (including phenoxy) is 1. The van der Waals surface area contributed by atoms with Crippen LogP contribution in [0, 0.1) is 17.1 Å². The Bertz CT molecular complexity index is 1030. The van der Waals surface area contributed by atoms with Crippen LogP contribution in [0.2, 0.25) is 0 Å². The predicted molar refractivity (Wildman–Crippen MR) is 96.6 cm³/mol. The van der Waals surface area contributed by atoms with Crippen molar-refractivity contribution in [3.05, 3.63) is 65.0 Å². The smallest absolute Gasteiger partial charge is 0.375 e. The first-order valence-corrected chi connectivity index (χ1v) is 8.71. The maximum absolute atomic E-state index is 13.8. The van der Waals surface area contributed by atoms with E-state index in [-0.39, 0.29) is 17.1 Å². The lowest BCUT2D eigenvalue weighted by Crippen LogP contribution is -2.29. The molecule has 0 fully saturated rings. The highest BCUT2D eigenvalue weighted by atomic mass is 32.1. The second-order valence-corrected chi connectivity index (χ2v) is 6.37. The standard InChI is InChI=1S/C19H13FN2O4S/c1-11(17(23)22-18-12(10-21)8-9-27-18)25-19(24)16-7-6-15(26-16)13-4-2-3-5-14(13)20/h2-9,11H,1H3,(H,22,23). The van der Waals surface area contributed by atoms with Gasteiger partial charge in [0.25, 0.3) is 5.91 Å². The van der Waals surface area contributed by atoms with Crippen molar-refractivity contribution in [2.45, 2.75) is 13.0 Å². The SMILES string of the molecule is CC(OC(=O)c1ccc(-c2ccccc2F)o1)C(=O)Nc1sccc1C#N. The summed E-state index contributed by atoms with van der Waals surface area (Å²) >= 11 is 1.19. The van der Waals surface area contributed by atoms with E-state index < -0.39 is 23.8 Å². The molecule has 1 N–H and O–H groups in total. The van der Waals surface area contributed by atoms with E-state index >= 15 is 0 Å². The van der Waals surface area contributed by atoms with Crippen LogP contribution in [0.15, 0.2) is 52.3 Å². The van der Waals surface area contributed by atoms with Crippen molar-refractivity contribution in [3.63, 3.8) is 0 Å². The largest absolute Gasteiger partial charge is 0.449 e. The van der Waals surface area contributed by atoms with Gasteiger partial charge in [-0.05, 0) is 42.6 Å². The van der Waals surface area contributed by atoms with Crippen LogP contribution >= 0.6 is 11.3 Å². The summed E-state index contributed by atoms with van der Waals surface area (Å²) in [7, 11) is 0. The van der Waals surface area contributed by atoms with Gasteiger partial charge in [-0.15, -0.1) is 11.3 Å². The zero-order valence-electron chi connectivity index (χ0n) is 14.1. The van der Waals surface area contributed by atoms with Crippen molar-refractivity contribution in [3.8, 4) is 17.4 Å². The lowest BCUT2D eigenvalue weighted by Gasteiger charge is -2.12. The molecular formula is C19H13FN2O4S. The monoisotopic (exact) mass is 384 g/mol. The van der Waals surface area contributed by atoms with Gasteiger partial charge in [0.1, 0.15) is 22.6 Å². The molecule has 136 valence electrons. The van der Waals surface area contributed by atoms with E-state index in [0.29, 0.717) is 10.6 Å². The number of amides is 1. The number of esters is 1. The van der Waals surface area contributed by atoms with Crippen molar-refractivity contribution in [1.82, 2.24) is 0 Å². The van der Waals surface area contributed by atoms with Gasteiger partial charge in [-0.3, -0.25) is 4.79 Å². The van der Waals surface area contributed by atoms with Gasteiger partial charge in [-0.1, -0.05) is 12.1 Å². The molecule has 1 unspecified atom stereocenters. The number of nitrogens with one attached hydrogen (secondary N) is 1. The third-order valence-corrected chi connectivity index (χ3v) is 4.45. The minimum Gasteiger partial charge on any atom is -0.449 e. The topological polar surface area (TPSA) is 92.3 Å². The number of benzene rings is 1. The van der Waals surface area contributed by atoms with E-state index in [4.69, 9.17) is 14.4 Å². The van der Waals surface area contributed by atoms with Gasteiger partial charge < -0.3 is 14.5 Å². The highest BCUT2D eigenvalue weighted by molar-refractivity contribution is 7.14. The third-order valence-electron chi connectivity index (χ3n) is 3.62. The van der Waals surface area contributed by atoms with Crippen LogP contribution in [0.5, 0.6) is 0 Å². The molecule has 27 heavy (non-hydrogen) atoms. The molecule has 0 saturated heterocycles. The summed E-state index contributed by atoms with van der Waals surface area (Å²) in [4.78, 5) is 24.3. The number of halogens is 1. The van der Waals surface area contributed by atoms with Crippen LogP contribution in [0.1, 0.15) is 23.0 Å². The number of carbonyl (C=O) groups excluding carboxylic acids is 2. The van der Waals surface area contributed by atoms with Crippen LogP contribution in [-0.4, -0.2) is 18.0 Å². The molecule has 1 aromatic carbocycles. The van der Waals surface area contributed by atoms with E-state index in [1.54, 1.807) is 23.6 Å². The zero-order chi connectivity index (χ0) is 19.4. The molecule has 8 heteroatoms. The van der Waals surface area contributed by atoms with Gasteiger partial charge in [-0.2, -0.15) is 5.26 Å². The zero-order valence-corrected chi connectivity index (χ0v) is 14.9. The molecule has 0 radical (unpaired) electrons. The third kappa shape index (κ3) is 4.04. The molecule has 0 aliphatic rings. The molecule has 1 amide bonds. The van der Waals surface area contributed by atoms with Gasteiger partial charge >= 0.3 is 5.97 Å². The Hall–Kier alpha value is -3.44. The van der Waals surface area contributed by atoms with Gasteiger partial charge in [0.2, 0.25) is 5.76 Å². The summed E-state index contributed by atoms with van der Waals surface area (Å²) in [6.07, 6.45) is -1.12. The number of hydrogen-bond donors (Lipinski definition) is 1. The molecular weight excluding hydrogens is 371 g/mol. The molecule has 0 spiro atoms. The predicted octanol–water partition coefficient (Wildman–Crippen LogP) is 4.20. The van der Waals surface area contributed by atoms with Crippen molar-refractivity contribution >= 4 is 28.2 Å². The molecule has 3 rings (SSSR count). The minimum atomic E-state index is -1.12. The first-order chi connectivity index (χ1) is 13.0. The average molecular weight is 384 g/mol. The molecule has 1 atom stereocenters. The number of hydrogen-bond acceptors (Lipinski definition) is 6. The van der Waals surface area contributed by atoms with E-state index in [1.807, 2.05) is 6.07 Å². The van der Waals surface area contributed by atoms with Crippen molar-refractivity contribution in [2.75, 3.05) is 5.32 Å². The fourth-order valence-electron chi connectivity index (χ4n) is 2.23. The average Bonchev–Trinajstić information content (AvgIpc) is 3.31. The van der Waals surface area contributed by atoms with E-state index in [9.17, 15) is 14.0 Å². The second kappa shape index (κ2) is 7.85. The van der Waals surface area contributed by atoms with Crippen LogP contribution in [0.25, 0.3) is 11.3 Å². The highest BCUT2D eigenvalue weighted by Crippen LogP contribution is 2.25. The molecule has 2 aromatic heterocycles. The van der Waals surface area contributed by atoms with Gasteiger partial charge in [0, 0.05) is 0 Å². The Kier molecular flexibility index (Phi) is 5.33. The number of thiophene rings is 1. The lowest BCUT2D eigenvalue weighted by molar-refractivity contribution is -0.123. The fraction of sp³-hybridized carbons (Fsp3) is 0.105. The summed E-state index contributed by atoms with van der Waals surface area (Å²) in [6.45, 7) is 1.40. The van der Waals surface area contributed by atoms with Crippen LogP contribution < -0.4 is 5.32 Å². The van der Waals surface area contributed by atoms with Gasteiger partial charge in [-0.25, -0.2) is 9.18 Å². The number of nitriles is 1. The molecule has 2 heterocycles. The van der Waals surface area contributed by atoms with E-state index in [0.717, 1.165) is 0 Å². The van der Waals surface area contributed by atoms with Crippen LogP contribution in [-0.2, 0) is 9.53 Å². The fourth-order valence-corrected chi connectivity index (χ4v) is 2.97. The van der Waals surface area contributed by atoms with Crippen molar-refractivity contribution < 1.29 is 23.1 Å². The Morgan fingerprint density at radius 1 is 1.26 bits per heavy atom. The molecule has 3 aromatic rings. The Balaban J connectivity index is 1.66. The minimum absolute atomic E-state index is 0.151. The van der Waals surface area contributed by atoms with Crippen molar-refractivity contribution in [1.29, 1.82) is 5.26 Å².